The molecule has 3 nitrogen and oxygen atoms in total. The fourth-order valence-electron chi connectivity index (χ4n) is 2.06. The standard InChI is InChI=1S/C13H20N2O/c1-11-4-5-14-8-13(11)9-15-7-12-3-2-6-16-10-12/h4-5,8,12,15H,2-3,6-7,9-10H2,1H3. The molecule has 16 heavy (non-hydrogen) atoms. The predicted octanol–water partition coefficient (Wildman–Crippen LogP) is 1.91. The van der Waals surface area contributed by atoms with E-state index in [0.29, 0.717) is 5.92 Å². The molecule has 1 aromatic heterocycles. The fraction of sp³-hybridized carbons (Fsp3) is 0.615. The molecule has 0 aromatic carbocycles. The topological polar surface area (TPSA) is 34.2 Å². The maximum atomic E-state index is 5.46. The molecule has 3 heteroatoms. The molecule has 0 spiro atoms. The van der Waals surface area contributed by atoms with Gasteiger partial charge in [-0.15, -0.1) is 0 Å². The molecule has 0 amide bonds. The van der Waals surface area contributed by atoms with E-state index in [1.165, 1.54) is 24.0 Å². The minimum absolute atomic E-state index is 0.686. The summed E-state index contributed by atoms with van der Waals surface area (Å²) in [6.45, 7) is 5.95. The van der Waals surface area contributed by atoms with Gasteiger partial charge in [0.1, 0.15) is 0 Å². The first-order valence-electron chi connectivity index (χ1n) is 6.04. The van der Waals surface area contributed by atoms with E-state index in [-0.39, 0.29) is 0 Å². The number of ether oxygens (including phenoxy) is 1. The zero-order valence-electron chi connectivity index (χ0n) is 9.91. The van der Waals surface area contributed by atoms with Gasteiger partial charge in [0, 0.05) is 32.1 Å². The molecule has 1 unspecified atom stereocenters. The van der Waals surface area contributed by atoms with Crippen molar-refractivity contribution in [2.24, 2.45) is 5.92 Å². The summed E-state index contributed by atoms with van der Waals surface area (Å²) in [6.07, 6.45) is 6.28. The monoisotopic (exact) mass is 220 g/mol. The van der Waals surface area contributed by atoms with Crippen molar-refractivity contribution in [3.63, 3.8) is 0 Å². The number of aromatic nitrogens is 1. The third-order valence-corrected chi connectivity index (χ3v) is 3.15. The number of aryl methyl sites for hydroxylation is 1. The molecular formula is C13H20N2O. The molecule has 0 saturated carbocycles. The Morgan fingerprint density at radius 3 is 3.25 bits per heavy atom. The normalized spacial score (nSPS) is 20.9. The van der Waals surface area contributed by atoms with Crippen LogP contribution in [-0.2, 0) is 11.3 Å². The Morgan fingerprint density at radius 1 is 1.56 bits per heavy atom. The number of rotatable bonds is 4. The second-order valence-corrected chi connectivity index (χ2v) is 4.52. The van der Waals surface area contributed by atoms with E-state index in [1.54, 1.807) is 0 Å². The van der Waals surface area contributed by atoms with Gasteiger partial charge in [-0.3, -0.25) is 4.98 Å². The molecule has 0 radical (unpaired) electrons. The summed E-state index contributed by atoms with van der Waals surface area (Å²) in [5.41, 5.74) is 2.60. The lowest BCUT2D eigenvalue weighted by molar-refractivity contribution is 0.0547. The Bertz CT molecular complexity index is 321. The van der Waals surface area contributed by atoms with Gasteiger partial charge >= 0.3 is 0 Å². The molecule has 0 bridgehead atoms. The highest BCUT2D eigenvalue weighted by molar-refractivity contribution is 5.20. The van der Waals surface area contributed by atoms with Crippen molar-refractivity contribution in [2.45, 2.75) is 26.3 Å². The van der Waals surface area contributed by atoms with Crippen LogP contribution in [-0.4, -0.2) is 24.7 Å². The van der Waals surface area contributed by atoms with Crippen LogP contribution < -0.4 is 5.32 Å². The zero-order chi connectivity index (χ0) is 11.2. The molecule has 1 fully saturated rings. The molecule has 2 heterocycles. The molecule has 2 rings (SSSR count). The van der Waals surface area contributed by atoms with Gasteiger partial charge in [-0.2, -0.15) is 0 Å². The quantitative estimate of drug-likeness (QED) is 0.841. The number of hydrogen-bond donors (Lipinski definition) is 1. The Kier molecular flexibility index (Phi) is 4.31. The summed E-state index contributed by atoms with van der Waals surface area (Å²) in [6, 6.07) is 2.06. The predicted molar refractivity (Wildman–Crippen MR) is 64.2 cm³/mol. The van der Waals surface area contributed by atoms with E-state index >= 15 is 0 Å². The van der Waals surface area contributed by atoms with Crippen LogP contribution >= 0.6 is 0 Å². The lowest BCUT2D eigenvalue weighted by Crippen LogP contribution is -2.29. The fourth-order valence-corrected chi connectivity index (χ4v) is 2.06. The Labute approximate surface area is 97.2 Å². The molecular weight excluding hydrogens is 200 g/mol. The van der Waals surface area contributed by atoms with Crippen LogP contribution in [0.2, 0.25) is 0 Å². The van der Waals surface area contributed by atoms with Crippen LogP contribution in [0.5, 0.6) is 0 Å². The number of pyridine rings is 1. The van der Waals surface area contributed by atoms with Crippen LogP contribution in [0.3, 0.4) is 0 Å². The molecule has 1 aliphatic heterocycles. The zero-order valence-corrected chi connectivity index (χ0v) is 9.91. The molecule has 1 N–H and O–H groups in total. The van der Waals surface area contributed by atoms with Crippen molar-refractivity contribution in [1.29, 1.82) is 0 Å². The summed E-state index contributed by atoms with van der Waals surface area (Å²) in [5.74, 6) is 0.686. The van der Waals surface area contributed by atoms with Gasteiger partial charge in [0.15, 0.2) is 0 Å². The van der Waals surface area contributed by atoms with E-state index in [2.05, 4.69) is 23.3 Å². The van der Waals surface area contributed by atoms with E-state index in [9.17, 15) is 0 Å². The van der Waals surface area contributed by atoms with Gasteiger partial charge < -0.3 is 10.1 Å². The molecule has 88 valence electrons. The average Bonchev–Trinajstić information content (AvgIpc) is 2.33. The largest absolute Gasteiger partial charge is 0.381 e. The highest BCUT2D eigenvalue weighted by Gasteiger charge is 2.12. The Morgan fingerprint density at radius 2 is 2.50 bits per heavy atom. The minimum Gasteiger partial charge on any atom is -0.381 e. The van der Waals surface area contributed by atoms with Crippen LogP contribution in [0.1, 0.15) is 24.0 Å². The average molecular weight is 220 g/mol. The van der Waals surface area contributed by atoms with Crippen molar-refractivity contribution in [2.75, 3.05) is 19.8 Å². The number of nitrogens with zero attached hydrogens (tertiary/aromatic N) is 1. The summed E-state index contributed by atoms with van der Waals surface area (Å²) >= 11 is 0. The summed E-state index contributed by atoms with van der Waals surface area (Å²) in [5, 5.41) is 3.49. The highest BCUT2D eigenvalue weighted by Crippen LogP contribution is 2.12. The maximum Gasteiger partial charge on any atom is 0.0506 e. The van der Waals surface area contributed by atoms with E-state index in [1.807, 2.05) is 12.4 Å². The second-order valence-electron chi connectivity index (χ2n) is 4.52. The van der Waals surface area contributed by atoms with Gasteiger partial charge in [0.25, 0.3) is 0 Å². The third kappa shape index (κ3) is 3.29. The SMILES string of the molecule is Cc1ccncc1CNCC1CCCOC1. The summed E-state index contributed by atoms with van der Waals surface area (Å²) in [4.78, 5) is 4.15. The lowest BCUT2D eigenvalue weighted by atomic mass is 10.0. The van der Waals surface area contributed by atoms with Crippen LogP contribution in [0.4, 0.5) is 0 Å². The van der Waals surface area contributed by atoms with Crippen molar-refractivity contribution >= 4 is 0 Å². The van der Waals surface area contributed by atoms with Crippen molar-refractivity contribution in [1.82, 2.24) is 10.3 Å². The van der Waals surface area contributed by atoms with Gasteiger partial charge in [-0.05, 0) is 42.9 Å². The van der Waals surface area contributed by atoms with E-state index in [0.717, 1.165) is 26.3 Å². The Hall–Kier alpha value is -0.930. The van der Waals surface area contributed by atoms with Gasteiger partial charge in [-0.25, -0.2) is 0 Å². The highest BCUT2D eigenvalue weighted by atomic mass is 16.5. The van der Waals surface area contributed by atoms with Crippen LogP contribution in [0, 0.1) is 12.8 Å². The first-order valence-corrected chi connectivity index (χ1v) is 6.04. The van der Waals surface area contributed by atoms with Crippen LogP contribution in [0.25, 0.3) is 0 Å². The maximum absolute atomic E-state index is 5.46. The molecule has 1 aliphatic rings. The lowest BCUT2D eigenvalue weighted by Gasteiger charge is -2.22. The van der Waals surface area contributed by atoms with Gasteiger partial charge in [-0.1, -0.05) is 0 Å². The van der Waals surface area contributed by atoms with Crippen molar-refractivity contribution < 1.29 is 4.74 Å². The third-order valence-electron chi connectivity index (χ3n) is 3.15. The molecule has 1 aromatic rings. The Balaban J connectivity index is 1.73. The van der Waals surface area contributed by atoms with Gasteiger partial charge in [0.05, 0.1) is 6.61 Å². The molecule has 0 aliphatic carbocycles. The second kappa shape index (κ2) is 5.97. The number of hydrogen-bond acceptors (Lipinski definition) is 3. The van der Waals surface area contributed by atoms with Crippen LogP contribution in [0.15, 0.2) is 18.5 Å². The van der Waals surface area contributed by atoms with Gasteiger partial charge in [0.2, 0.25) is 0 Å². The van der Waals surface area contributed by atoms with Crippen molar-refractivity contribution in [3.8, 4) is 0 Å². The van der Waals surface area contributed by atoms with Crippen molar-refractivity contribution in [3.05, 3.63) is 29.6 Å². The first kappa shape index (κ1) is 11.6. The molecule has 1 atom stereocenters. The van der Waals surface area contributed by atoms with E-state index in [4.69, 9.17) is 4.74 Å². The summed E-state index contributed by atoms with van der Waals surface area (Å²) in [7, 11) is 0. The molecule has 1 saturated heterocycles. The first-order chi connectivity index (χ1) is 7.86. The van der Waals surface area contributed by atoms with E-state index < -0.39 is 0 Å². The smallest absolute Gasteiger partial charge is 0.0506 e. The summed E-state index contributed by atoms with van der Waals surface area (Å²) < 4.78 is 5.46. The number of nitrogens with one attached hydrogen (secondary N) is 1. The minimum atomic E-state index is 0.686.